The van der Waals surface area contributed by atoms with Crippen molar-refractivity contribution in [3.05, 3.63) is 27.1 Å². The van der Waals surface area contributed by atoms with Gasteiger partial charge in [0.05, 0.1) is 11.0 Å². The Morgan fingerprint density at radius 3 is 2.93 bits per heavy atom. The topological polar surface area (TPSA) is 74.0 Å². The minimum absolute atomic E-state index is 0.173. The van der Waals surface area contributed by atoms with Crippen LogP contribution in [-0.2, 0) is 4.79 Å². The van der Waals surface area contributed by atoms with Crippen LogP contribution >= 0.6 is 15.9 Å². The Balaban J connectivity index is 2.82. The van der Waals surface area contributed by atoms with Gasteiger partial charge in [0, 0.05) is 12.4 Å². The van der Waals surface area contributed by atoms with Gasteiger partial charge in [-0.25, -0.2) is 0 Å². The van der Waals surface area contributed by atoms with Crippen LogP contribution in [0, 0.1) is 0 Å². The molecule has 0 aliphatic heterocycles. The summed E-state index contributed by atoms with van der Waals surface area (Å²) in [6.07, 6.45) is 2.96. The van der Waals surface area contributed by atoms with Crippen molar-refractivity contribution in [3.8, 4) is 0 Å². The van der Waals surface area contributed by atoms with Gasteiger partial charge in [0.1, 0.15) is 5.69 Å². The summed E-state index contributed by atoms with van der Waals surface area (Å²) < 4.78 is 0.389. The van der Waals surface area contributed by atoms with Crippen LogP contribution in [0.2, 0.25) is 0 Å². The molecule has 3 N–H and O–H groups in total. The second-order valence-corrected chi connectivity index (χ2v) is 3.48. The predicted molar refractivity (Wildman–Crippen MR) is 57.3 cm³/mol. The minimum atomic E-state index is -0.254. The fraction of sp³-hybridized carbons (Fsp3) is 0.250. The van der Waals surface area contributed by atoms with Crippen molar-refractivity contribution in [1.82, 2.24) is 10.3 Å². The summed E-state index contributed by atoms with van der Waals surface area (Å²) >= 11 is 3.06. The van der Waals surface area contributed by atoms with E-state index in [1.54, 1.807) is 7.05 Å². The molecule has 0 saturated carbocycles. The summed E-state index contributed by atoms with van der Waals surface area (Å²) in [5, 5.41) is 5.16. The molecule has 1 amide bonds. The molecule has 0 spiro atoms. The molecule has 0 fully saturated rings. The molecule has 5 nitrogen and oxygen atoms in total. The molecule has 0 aromatic carbocycles. The van der Waals surface area contributed by atoms with Gasteiger partial charge in [-0.05, 0) is 23.0 Å². The first-order valence-corrected chi connectivity index (χ1v) is 4.75. The monoisotopic (exact) mass is 259 g/mol. The van der Waals surface area contributed by atoms with Crippen molar-refractivity contribution in [2.75, 3.05) is 18.9 Å². The van der Waals surface area contributed by atoms with Gasteiger partial charge >= 0.3 is 0 Å². The molecule has 76 valence electrons. The van der Waals surface area contributed by atoms with E-state index in [2.05, 4.69) is 31.5 Å². The highest BCUT2D eigenvalue weighted by molar-refractivity contribution is 9.10. The average Bonchev–Trinajstić information content (AvgIpc) is 2.13. The molecular weight excluding hydrogens is 250 g/mol. The third-order valence-electron chi connectivity index (χ3n) is 1.51. The number of aromatic amines is 1. The molecule has 0 atom stereocenters. The molecule has 0 bridgehead atoms. The predicted octanol–water partition coefficient (Wildman–Crippen LogP) is 0.295. The lowest BCUT2D eigenvalue weighted by Gasteiger charge is -2.03. The quantitative estimate of drug-likeness (QED) is 0.731. The average molecular weight is 260 g/mol. The lowest BCUT2D eigenvalue weighted by atomic mass is 10.4. The maximum absolute atomic E-state index is 11.4. The summed E-state index contributed by atoms with van der Waals surface area (Å²) in [5.41, 5.74) is -0.00664. The lowest BCUT2D eigenvalue weighted by Crippen LogP contribution is -2.27. The standard InChI is InChI=1S/C8H10BrN3O2/c1-10-4-7(13)12-6-3-11-2-5(9)8(6)14/h2-3,10H,4H2,1H3,(H,11,14)(H,12,13). The van der Waals surface area contributed by atoms with Crippen molar-refractivity contribution in [2.24, 2.45) is 0 Å². The largest absolute Gasteiger partial charge is 0.365 e. The van der Waals surface area contributed by atoms with Crippen LogP contribution in [0.4, 0.5) is 5.69 Å². The van der Waals surface area contributed by atoms with Crippen LogP contribution in [-0.4, -0.2) is 24.5 Å². The Labute approximate surface area is 89.0 Å². The zero-order valence-electron chi connectivity index (χ0n) is 7.56. The van der Waals surface area contributed by atoms with Crippen LogP contribution < -0.4 is 16.1 Å². The number of carbonyl (C=O) groups excluding carboxylic acids is 1. The van der Waals surface area contributed by atoms with Gasteiger partial charge < -0.3 is 15.6 Å². The van der Waals surface area contributed by atoms with Gasteiger partial charge in [-0.1, -0.05) is 0 Å². The highest BCUT2D eigenvalue weighted by atomic mass is 79.9. The number of carbonyl (C=O) groups is 1. The van der Waals surface area contributed by atoms with Crippen molar-refractivity contribution in [3.63, 3.8) is 0 Å². The fourth-order valence-electron chi connectivity index (χ4n) is 0.906. The van der Waals surface area contributed by atoms with Crippen LogP contribution in [0.1, 0.15) is 0 Å². The van der Waals surface area contributed by atoms with E-state index >= 15 is 0 Å². The van der Waals surface area contributed by atoms with E-state index in [0.717, 1.165) is 0 Å². The van der Waals surface area contributed by atoms with E-state index in [1.807, 2.05) is 0 Å². The van der Waals surface area contributed by atoms with E-state index in [-0.39, 0.29) is 23.6 Å². The Morgan fingerprint density at radius 2 is 2.29 bits per heavy atom. The molecule has 14 heavy (non-hydrogen) atoms. The Morgan fingerprint density at radius 1 is 1.57 bits per heavy atom. The number of anilines is 1. The SMILES string of the molecule is CNCC(=O)Nc1c[nH]cc(Br)c1=O. The molecule has 0 unspecified atom stereocenters. The molecule has 0 aliphatic rings. The molecule has 0 saturated heterocycles. The normalized spacial score (nSPS) is 9.86. The van der Waals surface area contributed by atoms with Crippen LogP contribution in [0.25, 0.3) is 0 Å². The number of hydrogen-bond acceptors (Lipinski definition) is 3. The third kappa shape index (κ3) is 2.68. The van der Waals surface area contributed by atoms with Crippen molar-refractivity contribution < 1.29 is 4.79 Å². The van der Waals surface area contributed by atoms with Crippen LogP contribution in [0.15, 0.2) is 21.7 Å². The molecule has 1 aromatic heterocycles. The number of halogens is 1. The number of pyridine rings is 1. The van der Waals surface area contributed by atoms with Crippen molar-refractivity contribution in [2.45, 2.75) is 0 Å². The molecule has 1 rings (SSSR count). The first-order valence-electron chi connectivity index (χ1n) is 3.96. The second kappa shape index (κ2) is 4.92. The fourth-order valence-corrected chi connectivity index (χ4v) is 1.25. The van der Waals surface area contributed by atoms with Gasteiger partial charge in [-0.2, -0.15) is 0 Å². The Hall–Kier alpha value is -1.14. The van der Waals surface area contributed by atoms with Gasteiger partial charge in [0.15, 0.2) is 0 Å². The summed E-state index contributed by atoms with van der Waals surface area (Å²) in [7, 11) is 1.66. The lowest BCUT2D eigenvalue weighted by molar-refractivity contribution is -0.115. The number of amides is 1. The van der Waals surface area contributed by atoms with Gasteiger partial charge in [0.25, 0.3) is 0 Å². The molecule has 1 heterocycles. The zero-order chi connectivity index (χ0) is 10.6. The Kier molecular flexibility index (Phi) is 3.84. The van der Waals surface area contributed by atoms with Crippen LogP contribution in [0.3, 0.4) is 0 Å². The number of likely N-dealkylation sites (N-methyl/N-ethyl adjacent to an activating group) is 1. The third-order valence-corrected chi connectivity index (χ3v) is 2.10. The number of hydrogen-bond donors (Lipinski definition) is 3. The first-order chi connectivity index (χ1) is 6.65. The molecular formula is C8H10BrN3O2. The maximum Gasteiger partial charge on any atom is 0.238 e. The van der Waals surface area contributed by atoms with Gasteiger partial charge in [-0.15, -0.1) is 0 Å². The minimum Gasteiger partial charge on any atom is -0.365 e. The highest BCUT2D eigenvalue weighted by Crippen LogP contribution is 2.04. The van der Waals surface area contributed by atoms with E-state index in [1.165, 1.54) is 12.4 Å². The first kappa shape index (κ1) is 10.9. The van der Waals surface area contributed by atoms with Crippen LogP contribution in [0.5, 0.6) is 0 Å². The summed E-state index contributed by atoms with van der Waals surface area (Å²) in [6.45, 7) is 0.173. The Bertz CT molecular complexity index is 388. The number of rotatable bonds is 3. The molecule has 1 aromatic rings. The van der Waals surface area contributed by atoms with Gasteiger partial charge in [0.2, 0.25) is 11.3 Å². The van der Waals surface area contributed by atoms with E-state index in [0.29, 0.717) is 4.47 Å². The van der Waals surface area contributed by atoms with E-state index in [4.69, 9.17) is 0 Å². The van der Waals surface area contributed by atoms with E-state index < -0.39 is 0 Å². The number of aromatic nitrogens is 1. The smallest absolute Gasteiger partial charge is 0.238 e. The number of H-pyrrole nitrogens is 1. The summed E-state index contributed by atoms with van der Waals surface area (Å²) in [5.74, 6) is -0.254. The molecule has 0 radical (unpaired) electrons. The second-order valence-electron chi connectivity index (χ2n) is 2.62. The van der Waals surface area contributed by atoms with Crippen molar-refractivity contribution in [1.29, 1.82) is 0 Å². The van der Waals surface area contributed by atoms with Gasteiger partial charge in [-0.3, -0.25) is 9.59 Å². The van der Waals surface area contributed by atoms with E-state index in [9.17, 15) is 9.59 Å². The summed E-state index contributed by atoms with van der Waals surface area (Å²) in [4.78, 5) is 25.3. The highest BCUT2D eigenvalue weighted by Gasteiger charge is 2.05. The molecule has 6 heteroatoms. The van der Waals surface area contributed by atoms with Crippen molar-refractivity contribution >= 4 is 27.5 Å². The zero-order valence-corrected chi connectivity index (χ0v) is 9.14. The number of nitrogens with one attached hydrogen (secondary N) is 3. The summed E-state index contributed by atoms with van der Waals surface area (Å²) in [6, 6.07) is 0. The molecule has 0 aliphatic carbocycles. The maximum atomic E-state index is 11.4.